The van der Waals surface area contributed by atoms with Crippen molar-refractivity contribution in [2.45, 2.75) is 38.8 Å². The molecule has 1 aliphatic rings. The van der Waals surface area contributed by atoms with E-state index in [4.69, 9.17) is 0 Å². The first-order valence-electron chi connectivity index (χ1n) is 7.46. The molecule has 0 saturated heterocycles. The fourth-order valence-electron chi connectivity index (χ4n) is 2.48. The molecule has 1 amide bonds. The van der Waals surface area contributed by atoms with Gasteiger partial charge in [0.2, 0.25) is 5.91 Å². The van der Waals surface area contributed by atoms with E-state index < -0.39 is 18.6 Å². The van der Waals surface area contributed by atoms with Crippen molar-refractivity contribution < 1.29 is 18.0 Å². The third kappa shape index (κ3) is 7.58. The van der Waals surface area contributed by atoms with Crippen LogP contribution in [0.2, 0.25) is 0 Å². The van der Waals surface area contributed by atoms with Crippen LogP contribution in [0, 0.1) is 5.41 Å². The zero-order valence-corrected chi connectivity index (χ0v) is 16.1. The van der Waals surface area contributed by atoms with Gasteiger partial charge in [0.25, 0.3) is 0 Å². The summed E-state index contributed by atoms with van der Waals surface area (Å²) in [6, 6.07) is 0. The zero-order valence-electron chi connectivity index (χ0n) is 13.8. The van der Waals surface area contributed by atoms with Crippen LogP contribution in [-0.4, -0.2) is 56.7 Å². The van der Waals surface area contributed by atoms with Crippen LogP contribution in [0.15, 0.2) is 4.99 Å². The molecule has 2 N–H and O–H groups in total. The van der Waals surface area contributed by atoms with E-state index in [9.17, 15) is 18.0 Å². The Hall–Kier alpha value is -0.740. The number of hydrogen-bond donors (Lipinski definition) is 2. The normalized spacial score (nSPS) is 16.9. The molecule has 9 heteroatoms. The first-order chi connectivity index (χ1) is 10.2. The van der Waals surface area contributed by atoms with Crippen molar-refractivity contribution in [1.82, 2.24) is 15.5 Å². The lowest BCUT2D eigenvalue weighted by Gasteiger charge is -2.41. The second kappa shape index (κ2) is 9.53. The minimum atomic E-state index is -4.39. The Labute approximate surface area is 152 Å². The number of alkyl halides is 3. The van der Waals surface area contributed by atoms with Crippen LogP contribution in [0.1, 0.15) is 32.6 Å². The minimum absolute atomic E-state index is 0. The zero-order chi connectivity index (χ0) is 16.8. The molecule has 5 nitrogen and oxygen atoms in total. The molecule has 0 aromatic heterocycles. The number of guanidine groups is 1. The number of halogens is 4. The molecule has 1 aliphatic carbocycles. The molecular formula is C14H26F3IN4O. The van der Waals surface area contributed by atoms with Crippen LogP contribution >= 0.6 is 24.0 Å². The highest BCUT2D eigenvalue weighted by Crippen LogP contribution is 2.42. The highest BCUT2D eigenvalue weighted by Gasteiger charge is 2.35. The molecule has 0 heterocycles. The molecule has 0 atom stereocenters. The van der Waals surface area contributed by atoms with Crippen molar-refractivity contribution in [2.75, 3.05) is 33.7 Å². The lowest BCUT2D eigenvalue weighted by atomic mass is 9.67. The summed E-state index contributed by atoms with van der Waals surface area (Å²) in [4.78, 5) is 16.3. The number of carbonyl (C=O) groups is 1. The minimum Gasteiger partial charge on any atom is -0.356 e. The number of nitrogens with zero attached hydrogens (tertiary/aromatic N) is 2. The Bertz CT molecular complexity index is 406. The number of hydrogen-bond acceptors (Lipinski definition) is 2. The smallest absolute Gasteiger partial charge is 0.356 e. The second-order valence-electron chi connectivity index (χ2n) is 5.85. The maximum Gasteiger partial charge on any atom is 0.406 e. The molecule has 23 heavy (non-hydrogen) atoms. The Morgan fingerprint density at radius 3 is 2.30 bits per heavy atom. The summed E-state index contributed by atoms with van der Waals surface area (Å²) in [6.45, 7) is 1.44. The van der Waals surface area contributed by atoms with Gasteiger partial charge < -0.3 is 15.5 Å². The van der Waals surface area contributed by atoms with Crippen molar-refractivity contribution in [3.63, 3.8) is 0 Å². The van der Waals surface area contributed by atoms with Crippen molar-refractivity contribution in [1.29, 1.82) is 0 Å². The van der Waals surface area contributed by atoms with Crippen LogP contribution in [0.3, 0.4) is 0 Å². The first kappa shape index (κ1) is 22.3. The van der Waals surface area contributed by atoms with E-state index in [2.05, 4.69) is 22.5 Å². The maximum absolute atomic E-state index is 12.2. The van der Waals surface area contributed by atoms with Gasteiger partial charge in [-0.3, -0.25) is 9.79 Å². The van der Waals surface area contributed by atoms with Gasteiger partial charge in [-0.1, -0.05) is 13.3 Å². The van der Waals surface area contributed by atoms with Crippen molar-refractivity contribution >= 4 is 35.8 Å². The Morgan fingerprint density at radius 1 is 1.30 bits per heavy atom. The molecule has 0 radical (unpaired) electrons. The summed E-state index contributed by atoms with van der Waals surface area (Å²) in [7, 11) is 2.70. The topological polar surface area (TPSA) is 56.7 Å². The molecule has 0 spiro atoms. The van der Waals surface area contributed by atoms with Gasteiger partial charge in [-0.25, -0.2) is 0 Å². The third-order valence-electron chi connectivity index (χ3n) is 4.27. The second-order valence-corrected chi connectivity index (χ2v) is 5.85. The van der Waals surface area contributed by atoms with E-state index in [0.29, 0.717) is 10.9 Å². The molecule has 1 rings (SSSR count). The van der Waals surface area contributed by atoms with Gasteiger partial charge in [0.15, 0.2) is 5.96 Å². The van der Waals surface area contributed by atoms with Gasteiger partial charge in [0, 0.05) is 20.6 Å². The van der Waals surface area contributed by atoms with E-state index >= 15 is 0 Å². The molecular weight excluding hydrogens is 424 g/mol. The monoisotopic (exact) mass is 450 g/mol. The Kier molecular flexibility index (Phi) is 9.22. The average Bonchev–Trinajstić information content (AvgIpc) is 2.38. The number of likely N-dealkylation sites (N-methyl/N-ethyl adjacent to an activating group) is 1. The van der Waals surface area contributed by atoms with E-state index in [1.165, 1.54) is 19.3 Å². The van der Waals surface area contributed by atoms with Gasteiger partial charge in [0.05, 0.1) is 6.54 Å². The molecule has 1 saturated carbocycles. The largest absolute Gasteiger partial charge is 0.406 e. The Morgan fingerprint density at radius 2 is 1.91 bits per heavy atom. The lowest BCUT2D eigenvalue weighted by Crippen LogP contribution is -2.49. The van der Waals surface area contributed by atoms with Gasteiger partial charge in [-0.15, -0.1) is 24.0 Å². The summed E-state index contributed by atoms with van der Waals surface area (Å²) in [5, 5.41) is 5.91. The lowest BCUT2D eigenvalue weighted by molar-refractivity contribution is -0.157. The summed E-state index contributed by atoms with van der Waals surface area (Å²) in [5.74, 6) is -0.192. The van der Waals surface area contributed by atoms with E-state index in [0.717, 1.165) is 20.0 Å². The predicted octanol–water partition coefficient (Wildman–Crippen LogP) is 2.37. The fraction of sp³-hybridized carbons (Fsp3) is 0.857. The molecule has 0 aliphatic heterocycles. The van der Waals surface area contributed by atoms with Gasteiger partial charge in [-0.2, -0.15) is 13.2 Å². The number of nitrogens with one attached hydrogen (secondary N) is 2. The van der Waals surface area contributed by atoms with Crippen molar-refractivity contribution in [2.24, 2.45) is 10.4 Å². The third-order valence-corrected chi connectivity index (χ3v) is 4.27. The highest BCUT2D eigenvalue weighted by atomic mass is 127. The fourth-order valence-corrected chi connectivity index (χ4v) is 2.48. The average molecular weight is 450 g/mol. The summed E-state index contributed by atoms with van der Waals surface area (Å²) < 4.78 is 36.7. The molecule has 0 unspecified atom stereocenters. The van der Waals surface area contributed by atoms with E-state index in [-0.39, 0.29) is 35.9 Å². The molecule has 0 aromatic carbocycles. The predicted molar refractivity (Wildman–Crippen MR) is 95.0 cm³/mol. The molecule has 0 aromatic rings. The highest BCUT2D eigenvalue weighted by molar-refractivity contribution is 14.0. The van der Waals surface area contributed by atoms with E-state index in [1.807, 2.05) is 0 Å². The van der Waals surface area contributed by atoms with Gasteiger partial charge in [-0.05, 0) is 24.7 Å². The quantitative estimate of drug-likeness (QED) is 0.371. The molecule has 1 fully saturated rings. The first-order valence-corrected chi connectivity index (χ1v) is 7.46. The maximum atomic E-state index is 12.2. The number of carbonyl (C=O) groups excluding carboxylic acids is 1. The standard InChI is InChI=1S/C14H25F3N4O.HI/c1-4-13(6-5-7-13)9-20-12(18-2)19-8-11(22)21(3)10-14(15,16)17;/h4-10H2,1-3H3,(H2,18,19,20);1H. The van der Waals surface area contributed by atoms with E-state index in [1.54, 1.807) is 7.05 Å². The van der Waals surface area contributed by atoms with Crippen LogP contribution in [0.25, 0.3) is 0 Å². The van der Waals surface area contributed by atoms with Crippen molar-refractivity contribution in [3.8, 4) is 0 Å². The van der Waals surface area contributed by atoms with Crippen LogP contribution in [-0.2, 0) is 4.79 Å². The Balaban J connectivity index is 0.00000484. The number of aliphatic imine (C=N–C) groups is 1. The summed E-state index contributed by atoms with van der Waals surface area (Å²) in [6.07, 6.45) is 0.246. The van der Waals surface area contributed by atoms with Crippen LogP contribution in [0.5, 0.6) is 0 Å². The number of rotatable bonds is 6. The molecule has 136 valence electrons. The van der Waals surface area contributed by atoms with Gasteiger partial charge in [0.1, 0.15) is 6.54 Å². The van der Waals surface area contributed by atoms with Gasteiger partial charge >= 0.3 is 6.18 Å². The summed E-state index contributed by atoms with van der Waals surface area (Å²) in [5.41, 5.74) is 0.286. The number of amides is 1. The summed E-state index contributed by atoms with van der Waals surface area (Å²) >= 11 is 0. The SMILES string of the molecule is CCC1(CNC(=NC)NCC(=O)N(C)CC(F)(F)F)CCC1.I. The molecule has 0 bridgehead atoms. The van der Waals surface area contributed by atoms with Crippen LogP contribution < -0.4 is 10.6 Å². The van der Waals surface area contributed by atoms with Crippen LogP contribution in [0.4, 0.5) is 13.2 Å². The van der Waals surface area contributed by atoms with Crippen molar-refractivity contribution in [3.05, 3.63) is 0 Å².